The Morgan fingerprint density at radius 2 is 1.78 bits per heavy atom. The number of primary amides is 1. The highest BCUT2D eigenvalue weighted by atomic mass is 19.1. The van der Waals surface area contributed by atoms with Crippen molar-refractivity contribution in [2.24, 2.45) is 30.5 Å². The Morgan fingerprint density at radius 1 is 1.01 bits per heavy atom. The molecule has 6 unspecified atom stereocenters. The number of halogens is 2. The third kappa shape index (κ3) is 9.73. The molecular formula is C56H68F2N8O6. The number of hydrogen-bond donors (Lipinski definition) is 4. The number of carbonyl (C=O) groups excluding carboxylic acids is 3. The van der Waals surface area contributed by atoms with Crippen molar-refractivity contribution in [3.63, 3.8) is 0 Å². The van der Waals surface area contributed by atoms with Crippen LogP contribution in [0.3, 0.4) is 0 Å². The Balaban J connectivity index is 0.740. The van der Waals surface area contributed by atoms with Gasteiger partial charge in [-0.15, -0.1) is 0 Å². The molecule has 5 heterocycles. The van der Waals surface area contributed by atoms with Crippen LogP contribution in [0.25, 0.3) is 10.9 Å². The fourth-order valence-electron chi connectivity index (χ4n) is 12.9. The van der Waals surface area contributed by atoms with E-state index >= 15 is 8.78 Å². The van der Waals surface area contributed by atoms with E-state index in [0.717, 1.165) is 87.8 Å². The number of imide groups is 1. The van der Waals surface area contributed by atoms with Gasteiger partial charge in [0.1, 0.15) is 18.2 Å². The number of nitrogens with zero attached hydrogens (tertiary/aromatic N) is 5. The molecule has 382 valence electrons. The van der Waals surface area contributed by atoms with Crippen molar-refractivity contribution in [1.82, 2.24) is 30.2 Å². The number of likely N-dealkylation sites (tertiary alicyclic amines) is 2. The number of amides is 4. The second kappa shape index (κ2) is 20.9. The van der Waals surface area contributed by atoms with Gasteiger partial charge < -0.3 is 35.4 Å². The number of fused-ring (bicyclic) bond motifs is 2. The summed E-state index contributed by atoms with van der Waals surface area (Å²) >= 11 is 0. The highest BCUT2D eigenvalue weighted by Crippen LogP contribution is 2.56. The predicted octanol–water partition coefficient (Wildman–Crippen LogP) is 7.14. The van der Waals surface area contributed by atoms with Crippen LogP contribution >= 0.6 is 0 Å². The molecule has 10 rings (SSSR count). The average Bonchev–Trinajstić information content (AvgIpc) is 3.86. The van der Waals surface area contributed by atoms with Crippen LogP contribution in [0.4, 0.5) is 19.4 Å². The van der Waals surface area contributed by atoms with Crippen LogP contribution in [0.1, 0.15) is 110 Å². The number of aliphatic hydroxyl groups excluding tert-OH is 1. The Labute approximate surface area is 420 Å². The van der Waals surface area contributed by atoms with Crippen LogP contribution < -0.4 is 26.0 Å². The number of hydrogen-bond acceptors (Lipinski definition) is 10. The number of anilines is 1. The minimum Gasteiger partial charge on any atom is -0.488 e. The van der Waals surface area contributed by atoms with E-state index in [2.05, 4.69) is 55.9 Å². The number of urea groups is 1. The minimum absolute atomic E-state index is 0.124. The van der Waals surface area contributed by atoms with Crippen LogP contribution in [0.2, 0.25) is 0 Å². The number of aromatic nitrogens is 2. The lowest BCUT2D eigenvalue weighted by atomic mass is 9.72. The quantitative estimate of drug-likeness (QED) is 0.0962. The van der Waals surface area contributed by atoms with Crippen LogP contribution in [0.15, 0.2) is 66.2 Å². The molecule has 0 bridgehead atoms. The van der Waals surface area contributed by atoms with E-state index in [1.54, 1.807) is 17.9 Å². The Kier molecular flexibility index (Phi) is 14.5. The number of rotatable bonds is 15. The second-order valence-corrected chi connectivity index (χ2v) is 21.2. The van der Waals surface area contributed by atoms with Gasteiger partial charge in [-0.1, -0.05) is 43.7 Å². The molecule has 1 saturated carbocycles. The first-order chi connectivity index (χ1) is 34.8. The smallest absolute Gasteiger partial charge is 0.329 e. The molecule has 1 aromatic heterocycles. The monoisotopic (exact) mass is 987 g/mol. The number of nitrogens with two attached hydrogens (primary N) is 1. The number of carbonyl (C=O) groups is 3. The lowest BCUT2D eigenvalue weighted by Gasteiger charge is -2.40. The van der Waals surface area contributed by atoms with Gasteiger partial charge in [0.2, 0.25) is 11.8 Å². The zero-order valence-electron chi connectivity index (χ0n) is 41.7. The predicted molar refractivity (Wildman–Crippen MR) is 269 cm³/mol. The van der Waals surface area contributed by atoms with Gasteiger partial charge >= 0.3 is 6.03 Å². The molecule has 4 aromatic rings. The number of benzene rings is 2. The van der Waals surface area contributed by atoms with Gasteiger partial charge in [0.05, 0.1) is 24.0 Å². The molecule has 4 amide bonds. The summed E-state index contributed by atoms with van der Waals surface area (Å²) in [5.74, 6) is -2.63. The Bertz CT molecular complexity index is 2730. The fraction of sp³-hybridized carbons (Fsp3) is 0.536. The zero-order valence-corrected chi connectivity index (χ0v) is 41.7. The number of allylic oxidation sites excluding steroid dienone is 2. The van der Waals surface area contributed by atoms with Gasteiger partial charge in [0, 0.05) is 74.2 Å². The van der Waals surface area contributed by atoms with E-state index in [1.807, 2.05) is 30.8 Å². The number of piperidine rings is 2. The van der Waals surface area contributed by atoms with Crippen LogP contribution in [0.5, 0.6) is 5.75 Å². The van der Waals surface area contributed by atoms with Crippen molar-refractivity contribution in [1.29, 1.82) is 0 Å². The molecule has 3 aromatic carbocycles. The van der Waals surface area contributed by atoms with Crippen molar-refractivity contribution >= 4 is 34.6 Å². The molecule has 6 atom stereocenters. The second-order valence-electron chi connectivity index (χ2n) is 21.2. The molecule has 4 aliphatic heterocycles. The van der Waals surface area contributed by atoms with Crippen molar-refractivity contribution in [2.75, 3.05) is 70.5 Å². The largest absolute Gasteiger partial charge is 0.488 e. The molecule has 6 aliphatic rings. The zero-order chi connectivity index (χ0) is 50.3. The summed E-state index contributed by atoms with van der Waals surface area (Å²) in [6.45, 7) is 10.5. The minimum atomic E-state index is -1.25. The van der Waals surface area contributed by atoms with Crippen molar-refractivity contribution in [3.05, 3.63) is 112 Å². The molecule has 5 N–H and O–H groups in total. The topological polar surface area (TPSA) is 168 Å². The van der Waals surface area contributed by atoms with Crippen LogP contribution in [-0.4, -0.2) is 114 Å². The lowest BCUT2D eigenvalue weighted by molar-refractivity contribution is -0.121. The summed E-state index contributed by atoms with van der Waals surface area (Å²) in [5, 5.41) is 21.3. The van der Waals surface area contributed by atoms with Gasteiger partial charge in [-0.2, -0.15) is 5.10 Å². The third-order valence-corrected chi connectivity index (χ3v) is 16.8. The van der Waals surface area contributed by atoms with Gasteiger partial charge in [-0.05, 0) is 143 Å². The Morgan fingerprint density at radius 3 is 2.50 bits per heavy atom. The summed E-state index contributed by atoms with van der Waals surface area (Å²) in [5.41, 5.74) is 9.04. The number of aryl methyl sites for hydroxylation is 1. The van der Waals surface area contributed by atoms with E-state index in [0.29, 0.717) is 53.5 Å². The van der Waals surface area contributed by atoms with Gasteiger partial charge in [-0.3, -0.25) is 24.5 Å². The average molecular weight is 987 g/mol. The molecule has 2 aliphatic carbocycles. The van der Waals surface area contributed by atoms with E-state index in [1.165, 1.54) is 43.0 Å². The Hall–Kier alpha value is -5.86. The first-order valence-electron chi connectivity index (χ1n) is 26.1. The maximum absolute atomic E-state index is 16.6. The van der Waals surface area contributed by atoms with Gasteiger partial charge in [0.15, 0.2) is 23.0 Å². The SMILES string of the molecule is Cc1c(F)cc2c(c1C1C(F)=C(OCCO)C=CC1C(N)=O)C(C)C(CNC1CCCC(CN3CCC(CN4CCC(c5ccc6c(N7CCC(=O)NC7=O)nn(C)c6c5)CC4)CC3)C1)(c1c#cccc1)O2. The third-order valence-electron chi connectivity index (χ3n) is 16.8. The molecule has 16 heteroatoms. The molecule has 3 saturated heterocycles. The summed E-state index contributed by atoms with van der Waals surface area (Å²) in [6, 6.07) is 19.7. The normalized spacial score (nSPS) is 26.7. The van der Waals surface area contributed by atoms with Crippen molar-refractivity contribution < 1.29 is 37.7 Å². The van der Waals surface area contributed by atoms with Gasteiger partial charge in [0.25, 0.3) is 0 Å². The number of nitrogens with one attached hydrogen (secondary N) is 2. The summed E-state index contributed by atoms with van der Waals surface area (Å²) in [4.78, 5) is 44.1. The molecule has 0 spiro atoms. The molecule has 0 radical (unpaired) electrons. The molecular weight excluding hydrogens is 919 g/mol. The highest BCUT2D eigenvalue weighted by molar-refractivity contribution is 6.08. The highest BCUT2D eigenvalue weighted by Gasteiger charge is 2.52. The number of aliphatic hydroxyl groups is 1. The first kappa shape index (κ1) is 49.7. The van der Waals surface area contributed by atoms with E-state index in [-0.39, 0.29) is 42.9 Å². The van der Waals surface area contributed by atoms with E-state index in [4.69, 9.17) is 15.2 Å². The van der Waals surface area contributed by atoms with Crippen LogP contribution in [-0.2, 0) is 27.0 Å². The summed E-state index contributed by atoms with van der Waals surface area (Å²) in [6.07, 6.45) is 12.1. The van der Waals surface area contributed by atoms with Crippen molar-refractivity contribution in [2.45, 2.75) is 101 Å². The lowest BCUT2D eigenvalue weighted by Crippen LogP contribution is -2.49. The van der Waals surface area contributed by atoms with Crippen LogP contribution in [0, 0.1) is 42.6 Å². The number of ether oxygens (including phenoxy) is 2. The maximum atomic E-state index is 16.6. The van der Waals surface area contributed by atoms with Crippen molar-refractivity contribution in [3.8, 4) is 5.75 Å². The van der Waals surface area contributed by atoms with E-state index in [9.17, 15) is 19.5 Å². The molecule has 72 heavy (non-hydrogen) atoms. The summed E-state index contributed by atoms with van der Waals surface area (Å²) < 4.78 is 47.0. The standard InChI is InChI=1S/C56H68F2N8O6/c1-34-44(57)30-47-50(49(34)51-43(53(59)69)14-15-46(52(51)58)71-27-26-67)35(2)56(72-47,40-9-5-4-6-10-40)33-60-41-11-7-8-37(28-41)32-64-21-16-36(17-22-64)31-65-23-18-38(19-24-65)39-12-13-42-45(29-39)63(3)62-54(42)66-25-20-48(68)61-55(66)70/h4-5,9,12-15,29-30,35-38,41,43,51,60,67H,7-8,11,16-28,31-33H2,1-3H3,(H2,59,69)(H,61,68,70). The molecule has 14 nitrogen and oxygen atoms in total. The first-order valence-corrected chi connectivity index (χ1v) is 26.1. The fourth-order valence-corrected chi connectivity index (χ4v) is 12.9. The summed E-state index contributed by atoms with van der Waals surface area (Å²) in [7, 11) is 1.91. The van der Waals surface area contributed by atoms with E-state index < -0.39 is 46.9 Å². The molecule has 4 fully saturated rings. The maximum Gasteiger partial charge on any atom is 0.329 e. The van der Waals surface area contributed by atoms with Gasteiger partial charge in [-0.25, -0.2) is 13.6 Å².